The lowest BCUT2D eigenvalue weighted by atomic mass is 10.2. The van der Waals surface area contributed by atoms with Crippen LogP contribution in [0.25, 0.3) is 0 Å². The van der Waals surface area contributed by atoms with Gasteiger partial charge >= 0.3 is 0 Å². The van der Waals surface area contributed by atoms with Crippen molar-refractivity contribution in [2.45, 2.75) is 19.8 Å². The molecule has 2 rings (SSSR count). The Kier molecular flexibility index (Phi) is 4.06. The standard InChI is InChI=1S/C13H13ClN4O/c1-8(2)12-16-7-10(14)11(18-12)13(19)17-9-3-5-15-6-4-9/h3-8H,1-2H3,(H,15,17,19). The molecule has 0 aliphatic rings. The Morgan fingerprint density at radius 3 is 2.63 bits per heavy atom. The number of nitrogens with zero attached hydrogens (tertiary/aromatic N) is 3. The van der Waals surface area contributed by atoms with E-state index in [1.54, 1.807) is 24.5 Å². The number of carbonyl (C=O) groups excluding carboxylic acids is 1. The lowest BCUT2D eigenvalue weighted by Gasteiger charge is -2.08. The van der Waals surface area contributed by atoms with Gasteiger partial charge in [-0.2, -0.15) is 0 Å². The van der Waals surface area contributed by atoms with E-state index in [9.17, 15) is 4.79 Å². The quantitative estimate of drug-likeness (QED) is 0.936. The Balaban J connectivity index is 2.26. The first-order valence-corrected chi connectivity index (χ1v) is 6.19. The van der Waals surface area contributed by atoms with Crippen molar-refractivity contribution in [2.75, 3.05) is 5.32 Å². The van der Waals surface area contributed by atoms with Gasteiger partial charge in [0.05, 0.1) is 11.2 Å². The number of hydrogen-bond acceptors (Lipinski definition) is 4. The molecule has 19 heavy (non-hydrogen) atoms. The molecule has 0 spiro atoms. The molecule has 0 radical (unpaired) electrons. The smallest absolute Gasteiger partial charge is 0.275 e. The molecule has 0 aromatic carbocycles. The van der Waals surface area contributed by atoms with Crippen molar-refractivity contribution < 1.29 is 4.79 Å². The first kappa shape index (κ1) is 13.4. The summed E-state index contributed by atoms with van der Waals surface area (Å²) in [6.45, 7) is 3.90. The summed E-state index contributed by atoms with van der Waals surface area (Å²) in [6, 6.07) is 3.38. The third-order valence-corrected chi connectivity index (χ3v) is 2.71. The predicted octanol–water partition coefficient (Wildman–Crippen LogP) is 2.90. The average Bonchev–Trinajstić information content (AvgIpc) is 2.40. The van der Waals surface area contributed by atoms with Gasteiger partial charge in [-0.15, -0.1) is 0 Å². The zero-order chi connectivity index (χ0) is 13.8. The van der Waals surface area contributed by atoms with Crippen molar-refractivity contribution in [3.05, 3.63) is 47.3 Å². The van der Waals surface area contributed by atoms with Crippen LogP contribution >= 0.6 is 11.6 Å². The molecule has 2 aromatic rings. The Morgan fingerprint density at radius 1 is 1.32 bits per heavy atom. The third-order valence-electron chi connectivity index (χ3n) is 2.43. The number of rotatable bonds is 3. The fourth-order valence-electron chi connectivity index (χ4n) is 1.44. The van der Waals surface area contributed by atoms with Gasteiger partial charge in [-0.25, -0.2) is 9.97 Å². The van der Waals surface area contributed by atoms with Crippen LogP contribution in [0.2, 0.25) is 5.02 Å². The largest absolute Gasteiger partial charge is 0.320 e. The summed E-state index contributed by atoms with van der Waals surface area (Å²) in [4.78, 5) is 24.3. The van der Waals surface area contributed by atoms with Gasteiger partial charge in [-0.3, -0.25) is 9.78 Å². The van der Waals surface area contributed by atoms with E-state index in [0.717, 1.165) is 0 Å². The van der Waals surface area contributed by atoms with E-state index >= 15 is 0 Å². The van der Waals surface area contributed by atoms with Crippen LogP contribution in [-0.2, 0) is 0 Å². The first-order chi connectivity index (χ1) is 9.08. The Labute approximate surface area is 116 Å². The number of amides is 1. The van der Waals surface area contributed by atoms with Crippen LogP contribution in [0.1, 0.15) is 36.1 Å². The molecule has 0 aliphatic carbocycles. The Hall–Kier alpha value is -2.01. The Morgan fingerprint density at radius 2 is 2.00 bits per heavy atom. The van der Waals surface area contributed by atoms with Gasteiger partial charge in [-0.05, 0) is 12.1 Å². The van der Waals surface area contributed by atoms with Crippen molar-refractivity contribution in [2.24, 2.45) is 0 Å². The van der Waals surface area contributed by atoms with Crippen LogP contribution in [0.4, 0.5) is 5.69 Å². The average molecular weight is 277 g/mol. The van der Waals surface area contributed by atoms with E-state index in [0.29, 0.717) is 11.5 Å². The maximum absolute atomic E-state index is 12.1. The molecule has 0 unspecified atom stereocenters. The molecule has 0 saturated carbocycles. The van der Waals surface area contributed by atoms with Gasteiger partial charge in [0.1, 0.15) is 5.82 Å². The van der Waals surface area contributed by atoms with Crippen LogP contribution in [0.15, 0.2) is 30.7 Å². The summed E-state index contributed by atoms with van der Waals surface area (Å²) in [5, 5.41) is 2.94. The second-order valence-corrected chi connectivity index (χ2v) is 4.68. The highest BCUT2D eigenvalue weighted by Gasteiger charge is 2.15. The summed E-state index contributed by atoms with van der Waals surface area (Å²) in [6.07, 6.45) is 4.64. The van der Waals surface area contributed by atoms with Crippen molar-refractivity contribution >= 4 is 23.2 Å². The zero-order valence-corrected chi connectivity index (χ0v) is 11.3. The second-order valence-electron chi connectivity index (χ2n) is 4.27. The molecule has 2 aromatic heterocycles. The molecular formula is C13H13ClN4O. The molecule has 1 amide bonds. The minimum absolute atomic E-state index is 0.129. The number of halogens is 1. The van der Waals surface area contributed by atoms with Gasteiger partial charge in [0.15, 0.2) is 5.69 Å². The van der Waals surface area contributed by atoms with Crippen LogP contribution in [0.5, 0.6) is 0 Å². The lowest BCUT2D eigenvalue weighted by molar-refractivity contribution is 0.102. The summed E-state index contributed by atoms with van der Waals surface area (Å²) < 4.78 is 0. The van der Waals surface area contributed by atoms with Gasteiger partial charge < -0.3 is 5.32 Å². The van der Waals surface area contributed by atoms with E-state index in [1.165, 1.54) is 6.20 Å². The van der Waals surface area contributed by atoms with Gasteiger partial charge in [0, 0.05) is 24.0 Å². The summed E-state index contributed by atoms with van der Waals surface area (Å²) in [5.41, 5.74) is 0.818. The maximum Gasteiger partial charge on any atom is 0.275 e. The zero-order valence-electron chi connectivity index (χ0n) is 10.6. The molecule has 98 valence electrons. The molecular weight excluding hydrogens is 264 g/mol. The van der Waals surface area contributed by atoms with Crippen molar-refractivity contribution in [3.8, 4) is 0 Å². The van der Waals surface area contributed by atoms with Crippen LogP contribution < -0.4 is 5.32 Å². The van der Waals surface area contributed by atoms with Crippen molar-refractivity contribution in [1.82, 2.24) is 15.0 Å². The topological polar surface area (TPSA) is 67.8 Å². The van der Waals surface area contributed by atoms with Crippen LogP contribution in [0, 0.1) is 0 Å². The number of pyridine rings is 1. The molecule has 0 bridgehead atoms. The van der Waals surface area contributed by atoms with Gasteiger partial charge in [0.2, 0.25) is 0 Å². The summed E-state index contributed by atoms with van der Waals surface area (Å²) in [5.74, 6) is 0.356. The monoisotopic (exact) mass is 276 g/mol. The number of aromatic nitrogens is 3. The molecule has 5 nitrogen and oxygen atoms in total. The van der Waals surface area contributed by atoms with Gasteiger partial charge in [0.25, 0.3) is 5.91 Å². The first-order valence-electron chi connectivity index (χ1n) is 5.81. The Bertz CT molecular complexity index is 586. The third kappa shape index (κ3) is 3.26. The van der Waals surface area contributed by atoms with E-state index in [2.05, 4.69) is 20.3 Å². The van der Waals surface area contributed by atoms with Crippen LogP contribution in [0.3, 0.4) is 0 Å². The normalized spacial score (nSPS) is 10.5. The maximum atomic E-state index is 12.1. The second kappa shape index (κ2) is 5.75. The van der Waals surface area contributed by atoms with E-state index in [4.69, 9.17) is 11.6 Å². The van der Waals surface area contributed by atoms with Crippen molar-refractivity contribution in [3.63, 3.8) is 0 Å². The fraction of sp³-hybridized carbons (Fsp3) is 0.231. The number of carbonyl (C=O) groups is 1. The number of anilines is 1. The molecule has 0 fully saturated rings. The van der Waals surface area contributed by atoms with E-state index in [1.807, 2.05) is 13.8 Å². The SMILES string of the molecule is CC(C)c1ncc(Cl)c(C(=O)Nc2ccncc2)n1. The molecule has 0 saturated heterocycles. The highest BCUT2D eigenvalue weighted by atomic mass is 35.5. The van der Waals surface area contributed by atoms with E-state index < -0.39 is 0 Å². The van der Waals surface area contributed by atoms with Gasteiger partial charge in [-0.1, -0.05) is 25.4 Å². The van der Waals surface area contributed by atoms with Crippen molar-refractivity contribution in [1.29, 1.82) is 0 Å². The highest BCUT2D eigenvalue weighted by molar-refractivity contribution is 6.33. The minimum atomic E-state index is -0.361. The predicted molar refractivity (Wildman–Crippen MR) is 73.3 cm³/mol. The molecule has 1 N–H and O–H groups in total. The van der Waals surface area contributed by atoms with Crippen LogP contribution in [-0.4, -0.2) is 20.9 Å². The fourth-order valence-corrected chi connectivity index (χ4v) is 1.62. The summed E-state index contributed by atoms with van der Waals surface area (Å²) in [7, 11) is 0. The molecule has 2 heterocycles. The molecule has 6 heteroatoms. The molecule has 0 aliphatic heterocycles. The number of hydrogen-bond donors (Lipinski definition) is 1. The minimum Gasteiger partial charge on any atom is -0.320 e. The van der Waals surface area contributed by atoms with E-state index in [-0.39, 0.29) is 22.5 Å². The lowest BCUT2D eigenvalue weighted by Crippen LogP contribution is -2.16. The number of nitrogens with one attached hydrogen (secondary N) is 1. The summed E-state index contributed by atoms with van der Waals surface area (Å²) >= 11 is 5.96. The molecule has 0 atom stereocenters. The highest BCUT2D eigenvalue weighted by Crippen LogP contribution is 2.17.